The quantitative estimate of drug-likeness (QED) is 0.169. The van der Waals surface area contributed by atoms with Crippen LogP contribution in [0.3, 0.4) is 0 Å². The molecule has 300 valence electrons. The molecule has 0 saturated heterocycles. The molecule has 8 aromatic rings. The maximum Gasteiger partial charge on any atom is 0.148 e. The molecular weight excluding hydrogens is 902 g/mol. The molecule has 1 N–H and O–H groups in total. The Balaban J connectivity index is 0.00000528. The van der Waals surface area contributed by atoms with Crippen LogP contribution in [0.1, 0.15) is 79.0 Å². The number of aromatic nitrogens is 3. The minimum absolute atomic E-state index is 0. The number of nitrogens with zero attached hydrogens (tertiary/aromatic N) is 3. The van der Waals surface area contributed by atoms with E-state index < -0.39 is 0 Å². The molecule has 0 atom stereocenters. The second-order valence-corrected chi connectivity index (χ2v) is 18.5. The molecule has 0 aliphatic heterocycles. The Labute approximate surface area is 364 Å². The number of hydrogen-bond acceptors (Lipinski definition) is 3. The van der Waals surface area contributed by atoms with E-state index in [9.17, 15) is 5.11 Å². The van der Waals surface area contributed by atoms with E-state index in [4.69, 9.17) is 9.97 Å². The van der Waals surface area contributed by atoms with Crippen molar-refractivity contribution in [1.29, 1.82) is 0 Å². The summed E-state index contributed by atoms with van der Waals surface area (Å²) in [6.45, 7) is 20.1. The van der Waals surface area contributed by atoms with Crippen molar-refractivity contribution in [2.45, 2.75) is 78.6 Å². The topological polar surface area (TPSA) is 50.9 Å². The molecule has 0 bridgehead atoms. The Morgan fingerprint density at radius 1 is 0.525 bits per heavy atom. The average Bonchev–Trinajstić information content (AvgIpc) is 3.60. The van der Waals surface area contributed by atoms with Gasteiger partial charge in [-0.3, -0.25) is 9.55 Å². The summed E-state index contributed by atoms with van der Waals surface area (Å²) >= 11 is 0. The number of para-hydroxylation sites is 1. The molecule has 0 spiro atoms. The maximum atomic E-state index is 11.7. The van der Waals surface area contributed by atoms with Gasteiger partial charge in [-0.1, -0.05) is 164 Å². The van der Waals surface area contributed by atoms with Crippen molar-refractivity contribution in [2.75, 3.05) is 0 Å². The number of imidazole rings is 1. The molecular formula is C54H52N3OPt-. The van der Waals surface area contributed by atoms with E-state index in [0.717, 1.165) is 61.4 Å². The molecule has 0 fully saturated rings. The fourth-order valence-corrected chi connectivity index (χ4v) is 7.74. The van der Waals surface area contributed by atoms with Crippen LogP contribution in [-0.4, -0.2) is 19.6 Å². The van der Waals surface area contributed by atoms with Gasteiger partial charge in [0.25, 0.3) is 0 Å². The van der Waals surface area contributed by atoms with Gasteiger partial charge in [-0.2, -0.15) is 0 Å². The first-order valence-corrected chi connectivity index (χ1v) is 20.2. The predicted molar refractivity (Wildman–Crippen MR) is 243 cm³/mol. The van der Waals surface area contributed by atoms with Crippen LogP contribution in [0.15, 0.2) is 146 Å². The van der Waals surface area contributed by atoms with Crippen LogP contribution < -0.4 is 0 Å². The maximum absolute atomic E-state index is 11.7. The summed E-state index contributed by atoms with van der Waals surface area (Å²) in [5.74, 6) is 0.880. The third-order valence-corrected chi connectivity index (χ3v) is 11.1. The van der Waals surface area contributed by atoms with Gasteiger partial charge in [0.2, 0.25) is 0 Å². The number of phenolic OH excluding ortho intramolecular Hbond substituents is 1. The Morgan fingerprint density at radius 2 is 1.15 bits per heavy atom. The number of pyridine rings is 1. The van der Waals surface area contributed by atoms with Gasteiger partial charge < -0.3 is 5.11 Å². The van der Waals surface area contributed by atoms with E-state index in [0.29, 0.717) is 11.4 Å². The van der Waals surface area contributed by atoms with E-state index in [1.165, 1.54) is 16.7 Å². The molecule has 0 aliphatic rings. The molecule has 59 heavy (non-hydrogen) atoms. The van der Waals surface area contributed by atoms with Crippen molar-refractivity contribution >= 4 is 11.0 Å². The first-order valence-electron chi connectivity index (χ1n) is 20.2. The van der Waals surface area contributed by atoms with E-state index in [-0.39, 0.29) is 43.1 Å². The molecule has 0 saturated carbocycles. The van der Waals surface area contributed by atoms with Crippen LogP contribution >= 0.6 is 0 Å². The Morgan fingerprint density at radius 3 is 1.78 bits per heavy atom. The second-order valence-electron chi connectivity index (χ2n) is 18.5. The van der Waals surface area contributed by atoms with Crippen molar-refractivity contribution in [3.8, 4) is 67.5 Å². The minimum Gasteiger partial charge on any atom is -0.507 e. The molecule has 8 rings (SSSR count). The van der Waals surface area contributed by atoms with Gasteiger partial charge in [0.1, 0.15) is 11.6 Å². The summed E-state index contributed by atoms with van der Waals surface area (Å²) in [6.07, 6.45) is 1.89. The van der Waals surface area contributed by atoms with Gasteiger partial charge in [0.05, 0.1) is 22.3 Å². The van der Waals surface area contributed by atoms with Crippen LogP contribution in [0.4, 0.5) is 0 Å². The van der Waals surface area contributed by atoms with Gasteiger partial charge in [-0.05, 0) is 86.0 Å². The van der Waals surface area contributed by atoms with Crippen molar-refractivity contribution in [1.82, 2.24) is 14.5 Å². The average molecular weight is 954 g/mol. The first-order chi connectivity index (χ1) is 27.6. The molecule has 0 amide bonds. The summed E-state index contributed by atoms with van der Waals surface area (Å²) in [5, 5.41) is 11.7. The summed E-state index contributed by atoms with van der Waals surface area (Å²) in [6, 6.07) is 52.6. The number of hydrogen-bond donors (Lipinski definition) is 1. The summed E-state index contributed by atoms with van der Waals surface area (Å²) in [7, 11) is 0. The fraction of sp³-hybridized carbons (Fsp3) is 0.222. The van der Waals surface area contributed by atoms with Crippen LogP contribution in [0.25, 0.3) is 72.7 Å². The predicted octanol–water partition coefficient (Wildman–Crippen LogP) is 14.2. The zero-order valence-electron chi connectivity index (χ0n) is 35.5. The first kappa shape index (κ1) is 41.6. The normalized spacial score (nSPS) is 12.1. The largest absolute Gasteiger partial charge is 0.507 e. The van der Waals surface area contributed by atoms with E-state index in [2.05, 4.69) is 194 Å². The van der Waals surface area contributed by atoms with Crippen LogP contribution in [0, 0.1) is 6.07 Å². The molecule has 0 radical (unpaired) electrons. The zero-order valence-corrected chi connectivity index (χ0v) is 37.7. The summed E-state index contributed by atoms with van der Waals surface area (Å²) in [4.78, 5) is 10.4. The Kier molecular flexibility index (Phi) is 11.2. The standard InChI is InChI=1S/C54H52N3O.Pt/c1-52(2,3)41-24-26-49(58)44(34-41)51-56-50-43(21-16-22-48(50)57(51)47-25-23-37(32-45(47)54(7,8)9)35-17-12-10-13-18-35)39-29-40(31-42(30-39)53(4,5)6)46-33-38(27-28-55-46)36-19-14-11-15-20-36;/h10-28,30-34,58H,1-9H3;/q-1;. The van der Waals surface area contributed by atoms with Gasteiger partial charge in [0, 0.05) is 33.0 Å². The monoisotopic (exact) mass is 953 g/mol. The number of aromatic hydroxyl groups is 1. The molecule has 5 heteroatoms. The van der Waals surface area contributed by atoms with E-state index in [1.807, 2.05) is 24.4 Å². The fourth-order valence-electron chi connectivity index (χ4n) is 7.74. The van der Waals surface area contributed by atoms with Crippen LogP contribution in [0.5, 0.6) is 5.75 Å². The Hall–Kier alpha value is -5.57. The van der Waals surface area contributed by atoms with E-state index >= 15 is 0 Å². The molecule has 2 aromatic heterocycles. The number of rotatable bonds is 6. The van der Waals surface area contributed by atoms with Gasteiger partial charge >= 0.3 is 0 Å². The summed E-state index contributed by atoms with van der Waals surface area (Å²) < 4.78 is 2.26. The number of phenols is 1. The van der Waals surface area contributed by atoms with E-state index in [1.54, 1.807) is 0 Å². The molecule has 0 unspecified atom stereocenters. The molecule has 4 nitrogen and oxygen atoms in total. The van der Waals surface area contributed by atoms with Crippen molar-refractivity contribution < 1.29 is 26.2 Å². The Bertz CT molecular complexity index is 2780. The number of benzene rings is 6. The van der Waals surface area contributed by atoms with Gasteiger partial charge in [-0.15, -0.1) is 29.3 Å². The molecule has 6 aromatic carbocycles. The van der Waals surface area contributed by atoms with Crippen molar-refractivity contribution in [3.05, 3.63) is 168 Å². The minimum atomic E-state index is -0.216. The third kappa shape index (κ3) is 8.34. The molecule has 0 aliphatic carbocycles. The van der Waals surface area contributed by atoms with Gasteiger partial charge in [-0.25, -0.2) is 4.98 Å². The SMILES string of the molecule is CC(C)(C)c1cc(-c2cc(-c3ccccc3)ccn2)[c-]c(-c2cccc3c2nc(-c2cc(C(C)(C)C)ccc2O)n3-c2ccc(-c3ccccc3)cc2C(C)(C)C)c1.[Pt]. The smallest absolute Gasteiger partial charge is 0.148 e. The third-order valence-electron chi connectivity index (χ3n) is 11.1. The van der Waals surface area contributed by atoms with Crippen molar-refractivity contribution in [2.24, 2.45) is 0 Å². The van der Waals surface area contributed by atoms with Crippen LogP contribution in [0.2, 0.25) is 0 Å². The zero-order chi connectivity index (χ0) is 41.0. The van der Waals surface area contributed by atoms with Crippen molar-refractivity contribution in [3.63, 3.8) is 0 Å². The van der Waals surface area contributed by atoms with Gasteiger partial charge in [0.15, 0.2) is 0 Å². The number of fused-ring (bicyclic) bond motifs is 1. The second kappa shape index (κ2) is 15.9. The summed E-state index contributed by atoms with van der Waals surface area (Å²) in [5.41, 5.74) is 14.8. The molecule has 2 heterocycles. The van der Waals surface area contributed by atoms with Crippen LogP contribution in [-0.2, 0) is 37.3 Å².